The maximum Gasteiger partial charge on any atom is 0.151 e. The van der Waals surface area contributed by atoms with E-state index in [0.29, 0.717) is 17.8 Å². The number of hydrogen-bond acceptors (Lipinski definition) is 2. The highest BCUT2D eigenvalue weighted by Crippen LogP contribution is 2.65. The Morgan fingerprint density at radius 3 is 2.64 bits per heavy atom. The van der Waals surface area contributed by atoms with Crippen LogP contribution in [0.2, 0.25) is 0 Å². The number of terminal acetylenes is 1. The Morgan fingerprint density at radius 2 is 1.96 bits per heavy atom. The van der Waals surface area contributed by atoms with Crippen LogP contribution < -0.4 is 0 Å². The van der Waals surface area contributed by atoms with E-state index in [4.69, 9.17) is 6.42 Å². The lowest BCUT2D eigenvalue weighted by Gasteiger charge is -2.59. The SMILES string of the molecule is C#CC1C=C[C@H]2[C@@H]3CCC4=CCCC(S(C)(=O)=O)[C@]4(C)[C@H]3CC[C@]12C. The first-order chi connectivity index (χ1) is 11.7. The molecule has 2 saturated carbocycles. The van der Waals surface area contributed by atoms with Crippen LogP contribution >= 0.6 is 0 Å². The molecule has 4 rings (SSSR count). The normalized spacial score (nSPS) is 48.7. The maximum absolute atomic E-state index is 12.6. The number of allylic oxidation sites excluding steroid dienone is 4. The minimum absolute atomic E-state index is 0.169. The molecule has 0 aliphatic heterocycles. The Kier molecular flexibility index (Phi) is 3.82. The van der Waals surface area contributed by atoms with Gasteiger partial charge in [-0.05, 0) is 61.7 Å². The fraction of sp³-hybridized carbons (Fsp3) is 0.727. The van der Waals surface area contributed by atoms with Crippen LogP contribution in [0.15, 0.2) is 23.8 Å². The summed E-state index contributed by atoms with van der Waals surface area (Å²) < 4.78 is 25.3. The van der Waals surface area contributed by atoms with Crippen molar-refractivity contribution in [1.29, 1.82) is 0 Å². The van der Waals surface area contributed by atoms with Gasteiger partial charge in [-0.2, -0.15) is 0 Å². The van der Waals surface area contributed by atoms with Crippen LogP contribution in [0.1, 0.15) is 52.4 Å². The van der Waals surface area contributed by atoms with Gasteiger partial charge < -0.3 is 0 Å². The molecule has 4 aliphatic rings. The lowest BCUT2D eigenvalue weighted by atomic mass is 9.46. The van der Waals surface area contributed by atoms with Crippen molar-refractivity contribution in [3.05, 3.63) is 23.8 Å². The van der Waals surface area contributed by atoms with Gasteiger partial charge in [0, 0.05) is 17.6 Å². The predicted molar refractivity (Wildman–Crippen MR) is 103 cm³/mol. The number of fused-ring (bicyclic) bond motifs is 5. The van der Waals surface area contributed by atoms with Crippen LogP contribution in [0.5, 0.6) is 0 Å². The molecular formula is C22H30O2S. The van der Waals surface area contributed by atoms with Gasteiger partial charge in [0.05, 0.1) is 5.25 Å². The Hall–Kier alpha value is -1.01. The van der Waals surface area contributed by atoms with Crippen molar-refractivity contribution in [2.75, 3.05) is 6.26 Å². The average Bonchev–Trinajstić information content (AvgIpc) is 2.89. The zero-order valence-electron chi connectivity index (χ0n) is 15.7. The Labute approximate surface area is 153 Å². The van der Waals surface area contributed by atoms with Crippen LogP contribution in [0, 0.1) is 46.8 Å². The summed E-state index contributed by atoms with van der Waals surface area (Å²) in [4.78, 5) is 0. The fourth-order valence-corrected chi connectivity index (χ4v) is 8.88. The minimum atomic E-state index is -3.05. The standard InChI is InChI=1S/C22H30O2S/c1-5-15-10-12-18-17-11-9-16-7-6-8-20(25(4,23)24)22(16,3)19(17)13-14-21(15,18)2/h1,7,10,12,15,17-20H,6,8-9,11,13-14H2,2-4H3/t15?,17-,18-,19-,20?,21+,22-/m0/s1. The summed E-state index contributed by atoms with van der Waals surface area (Å²) in [5, 5.41) is -0.217. The number of hydrogen-bond donors (Lipinski definition) is 0. The Balaban J connectivity index is 1.76. The smallest absolute Gasteiger partial charge is 0.151 e. The molecule has 0 aromatic rings. The van der Waals surface area contributed by atoms with E-state index in [1.165, 1.54) is 18.2 Å². The van der Waals surface area contributed by atoms with Crippen LogP contribution in [0.3, 0.4) is 0 Å². The van der Waals surface area contributed by atoms with Crippen molar-refractivity contribution in [1.82, 2.24) is 0 Å². The van der Waals surface area contributed by atoms with Gasteiger partial charge in [-0.3, -0.25) is 0 Å². The Morgan fingerprint density at radius 1 is 1.20 bits per heavy atom. The molecule has 136 valence electrons. The zero-order valence-corrected chi connectivity index (χ0v) is 16.5. The first-order valence-electron chi connectivity index (χ1n) is 9.75. The maximum atomic E-state index is 12.6. The highest BCUT2D eigenvalue weighted by atomic mass is 32.2. The molecule has 0 saturated heterocycles. The molecule has 0 aromatic carbocycles. The predicted octanol–water partition coefficient (Wildman–Crippen LogP) is 4.39. The molecule has 0 amide bonds. The molecule has 25 heavy (non-hydrogen) atoms. The third kappa shape index (κ3) is 2.26. The molecule has 2 nitrogen and oxygen atoms in total. The molecule has 0 radical (unpaired) electrons. The molecule has 0 aromatic heterocycles. The highest BCUT2D eigenvalue weighted by Gasteiger charge is 2.60. The third-order valence-corrected chi connectivity index (χ3v) is 10.1. The number of rotatable bonds is 1. The highest BCUT2D eigenvalue weighted by molar-refractivity contribution is 7.91. The van der Waals surface area contributed by atoms with E-state index < -0.39 is 9.84 Å². The van der Waals surface area contributed by atoms with E-state index in [-0.39, 0.29) is 22.0 Å². The third-order valence-electron chi connectivity index (χ3n) is 8.35. The van der Waals surface area contributed by atoms with E-state index in [0.717, 1.165) is 32.1 Å². The van der Waals surface area contributed by atoms with Crippen LogP contribution in [0.25, 0.3) is 0 Å². The zero-order chi connectivity index (χ0) is 18.0. The minimum Gasteiger partial charge on any atom is -0.229 e. The summed E-state index contributed by atoms with van der Waals surface area (Å²) in [6.45, 7) is 4.63. The van der Waals surface area contributed by atoms with E-state index in [2.05, 4.69) is 38.0 Å². The Bertz CT molecular complexity index is 783. The van der Waals surface area contributed by atoms with Crippen molar-refractivity contribution in [2.45, 2.75) is 57.6 Å². The second-order valence-corrected chi connectivity index (χ2v) is 11.5. The average molecular weight is 359 g/mol. The van der Waals surface area contributed by atoms with Crippen molar-refractivity contribution < 1.29 is 8.42 Å². The topological polar surface area (TPSA) is 34.1 Å². The first-order valence-corrected chi connectivity index (χ1v) is 11.7. The van der Waals surface area contributed by atoms with Gasteiger partial charge in [-0.25, -0.2) is 8.42 Å². The largest absolute Gasteiger partial charge is 0.229 e. The quantitative estimate of drug-likeness (QED) is 0.515. The molecule has 7 atom stereocenters. The van der Waals surface area contributed by atoms with E-state index in [1.807, 2.05) is 0 Å². The lowest BCUT2D eigenvalue weighted by molar-refractivity contribution is -0.0315. The summed E-state index contributed by atoms with van der Waals surface area (Å²) in [7, 11) is -3.05. The van der Waals surface area contributed by atoms with Crippen molar-refractivity contribution in [3.63, 3.8) is 0 Å². The molecule has 4 aliphatic carbocycles. The van der Waals surface area contributed by atoms with Crippen LogP contribution in [-0.4, -0.2) is 19.9 Å². The van der Waals surface area contributed by atoms with Gasteiger partial charge >= 0.3 is 0 Å². The van der Waals surface area contributed by atoms with Gasteiger partial charge in [-0.15, -0.1) is 6.42 Å². The molecule has 0 bridgehead atoms. The van der Waals surface area contributed by atoms with Gasteiger partial charge in [0.15, 0.2) is 9.84 Å². The van der Waals surface area contributed by atoms with Gasteiger partial charge in [0.1, 0.15) is 0 Å². The van der Waals surface area contributed by atoms with Gasteiger partial charge in [0.25, 0.3) is 0 Å². The second-order valence-electron chi connectivity index (χ2n) is 9.32. The second kappa shape index (κ2) is 5.49. The fourth-order valence-electron chi connectivity index (χ4n) is 7.10. The van der Waals surface area contributed by atoms with Crippen molar-refractivity contribution in [2.24, 2.45) is 34.5 Å². The molecule has 3 heteroatoms. The van der Waals surface area contributed by atoms with Crippen LogP contribution in [0.4, 0.5) is 0 Å². The summed E-state index contributed by atoms with van der Waals surface area (Å²) in [6.07, 6.45) is 20.4. The summed E-state index contributed by atoms with van der Waals surface area (Å²) in [5.74, 6) is 4.78. The molecule has 2 unspecified atom stereocenters. The van der Waals surface area contributed by atoms with Crippen molar-refractivity contribution in [3.8, 4) is 12.3 Å². The van der Waals surface area contributed by atoms with E-state index >= 15 is 0 Å². The lowest BCUT2D eigenvalue weighted by Crippen LogP contribution is -2.56. The van der Waals surface area contributed by atoms with Crippen LogP contribution in [-0.2, 0) is 9.84 Å². The van der Waals surface area contributed by atoms with Gasteiger partial charge in [0.2, 0.25) is 0 Å². The monoisotopic (exact) mass is 358 g/mol. The summed E-state index contributed by atoms with van der Waals surface area (Å²) in [5.41, 5.74) is 1.41. The molecule has 0 heterocycles. The molecule has 2 fully saturated rings. The first kappa shape index (κ1) is 17.4. The van der Waals surface area contributed by atoms with E-state index in [9.17, 15) is 8.42 Å². The molecule has 0 spiro atoms. The molecule has 0 N–H and O–H groups in total. The van der Waals surface area contributed by atoms with Crippen molar-refractivity contribution >= 4 is 9.84 Å². The summed E-state index contributed by atoms with van der Waals surface area (Å²) >= 11 is 0. The van der Waals surface area contributed by atoms with E-state index in [1.54, 1.807) is 0 Å². The molecular weight excluding hydrogens is 328 g/mol. The van der Waals surface area contributed by atoms with Gasteiger partial charge in [-0.1, -0.05) is 43.6 Å². The summed E-state index contributed by atoms with van der Waals surface area (Å²) in [6, 6.07) is 0. The number of sulfone groups is 1.